The molecule has 1 spiro atoms. The standard InChI is InChI=1S/C25H28N4O2S/c1-28-15-22(26-16-28)32(30,31)27-11-10-18-8-9-19-14-25(23-24(25)29(23)2)21(20(19)12-18)13-17-6-4-3-5-7-17/h3-9,12,15-16,21,23-24,27H,10-11,13-14H2,1-2H3. The van der Waals surface area contributed by atoms with Crippen LogP contribution in [-0.2, 0) is 36.3 Å². The lowest BCUT2D eigenvalue weighted by Gasteiger charge is -2.29. The Labute approximate surface area is 189 Å². The zero-order chi connectivity index (χ0) is 22.1. The lowest BCUT2D eigenvalue weighted by Crippen LogP contribution is -2.31. The quantitative estimate of drug-likeness (QED) is 0.564. The highest BCUT2D eigenvalue weighted by molar-refractivity contribution is 7.89. The first-order chi connectivity index (χ1) is 15.4. The first-order valence-electron chi connectivity index (χ1n) is 11.3. The lowest BCUT2D eigenvalue weighted by atomic mass is 9.81. The minimum Gasteiger partial charge on any atom is -0.339 e. The molecule has 0 bridgehead atoms. The fourth-order valence-corrected chi connectivity index (χ4v) is 7.17. The Morgan fingerprint density at radius 2 is 1.88 bits per heavy atom. The van der Waals surface area contributed by atoms with Crippen LogP contribution >= 0.6 is 0 Å². The Morgan fingerprint density at radius 1 is 1.09 bits per heavy atom. The molecule has 6 nitrogen and oxygen atoms in total. The van der Waals surface area contributed by atoms with Gasteiger partial charge < -0.3 is 4.57 Å². The van der Waals surface area contributed by atoms with Gasteiger partial charge >= 0.3 is 0 Å². The Kier molecular flexibility index (Phi) is 4.41. The lowest BCUT2D eigenvalue weighted by molar-refractivity contribution is 0.226. The number of benzene rings is 2. The molecule has 3 aromatic rings. The number of aromatic nitrogens is 2. The van der Waals surface area contributed by atoms with Gasteiger partial charge in [0, 0.05) is 37.3 Å². The second kappa shape index (κ2) is 7.01. The molecule has 2 fully saturated rings. The van der Waals surface area contributed by atoms with Crippen molar-refractivity contribution in [2.24, 2.45) is 12.5 Å². The normalized spacial score (nSPS) is 29.7. The first-order valence-corrected chi connectivity index (χ1v) is 12.7. The molecule has 2 aromatic carbocycles. The van der Waals surface area contributed by atoms with Gasteiger partial charge in [0.1, 0.15) is 0 Å². The van der Waals surface area contributed by atoms with E-state index in [1.54, 1.807) is 11.6 Å². The minimum absolute atomic E-state index is 0.0656. The highest BCUT2D eigenvalue weighted by Crippen LogP contribution is 2.76. The number of hydrogen-bond donors (Lipinski definition) is 1. The molecule has 3 aliphatic rings. The van der Waals surface area contributed by atoms with E-state index in [0.717, 1.165) is 18.5 Å². The topological polar surface area (TPSA) is 67.0 Å². The van der Waals surface area contributed by atoms with Crippen LogP contribution in [0.3, 0.4) is 0 Å². The molecule has 7 heteroatoms. The van der Waals surface area contributed by atoms with Gasteiger partial charge in [-0.05, 0) is 54.5 Å². The summed E-state index contributed by atoms with van der Waals surface area (Å²) in [5.74, 6) is 0.538. The van der Waals surface area contributed by atoms with Crippen molar-refractivity contribution in [1.82, 2.24) is 19.2 Å². The van der Waals surface area contributed by atoms with Crippen LogP contribution in [0, 0.1) is 5.41 Å². The predicted octanol–water partition coefficient (Wildman–Crippen LogP) is 2.51. The number of imidazole rings is 1. The first kappa shape index (κ1) is 20.1. The Bertz CT molecular complexity index is 1270. The van der Waals surface area contributed by atoms with Crippen molar-refractivity contribution < 1.29 is 8.42 Å². The van der Waals surface area contributed by atoms with Crippen molar-refractivity contribution in [2.75, 3.05) is 13.6 Å². The van der Waals surface area contributed by atoms with Crippen LogP contribution in [0.2, 0.25) is 0 Å². The van der Waals surface area contributed by atoms with Gasteiger partial charge in [0.05, 0.1) is 6.33 Å². The van der Waals surface area contributed by atoms with Crippen LogP contribution < -0.4 is 4.72 Å². The molecule has 1 N–H and O–H groups in total. The number of nitrogens with zero attached hydrogens (tertiary/aromatic N) is 3. The maximum absolute atomic E-state index is 12.5. The third-order valence-corrected chi connectivity index (χ3v) is 9.10. The molecule has 32 heavy (non-hydrogen) atoms. The number of likely N-dealkylation sites (N-methyl/N-ethyl adjacent to an activating group) is 1. The molecule has 1 aliphatic heterocycles. The van der Waals surface area contributed by atoms with E-state index in [9.17, 15) is 8.42 Å². The summed E-state index contributed by atoms with van der Waals surface area (Å²) in [6, 6.07) is 19.1. The van der Waals surface area contributed by atoms with Crippen LogP contribution in [0.5, 0.6) is 0 Å². The molecular formula is C25H28N4O2S. The molecular weight excluding hydrogens is 420 g/mol. The number of likely N-dealkylation sites (tertiary alicyclic amines) is 1. The van der Waals surface area contributed by atoms with Crippen LogP contribution in [0.25, 0.3) is 0 Å². The summed E-state index contributed by atoms with van der Waals surface area (Å²) >= 11 is 0. The largest absolute Gasteiger partial charge is 0.339 e. The van der Waals surface area contributed by atoms with Gasteiger partial charge in [-0.1, -0.05) is 48.5 Å². The molecule has 0 radical (unpaired) electrons. The number of sulfonamides is 1. The molecule has 3 unspecified atom stereocenters. The molecule has 3 atom stereocenters. The van der Waals surface area contributed by atoms with Crippen LogP contribution in [0.15, 0.2) is 66.1 Å². The van der Waals surface area contributed by atoms with Crippen molar-refractivity contribution in [3.8, 4) is 0 Å². The monoisotopic (exact) mass is 448 g/mol. The summed E-state index contributed by atoms with van der Waals surface area (Å²) < 4.78 is 29.2. The van der Waals surface area contributed by atoms with E-state index in [4.69, 9.17) is 0 Å². The third-order valence-electron chi connectivity index (χ3n) is 7.76. The summed E-state index contributed by atoms with van der Waals surface area (Å²) in [6.45, 7) is 0.361. The van der Waals surface area contributed by atoms with Gasteiger partial charge in [-0.2, -0.15) is 0 Å². The molecule has 166 valence electrons. The molecule has 1 saturated carbocycles. The van der Waals surface area contributed by atoms with E-state index in [-0.39, 0.29) is 5.03 Å². The molecule has 2 heterocycles. The zero-order valence-corrected chi connectivity index (χ0v) is 19.2. The molecule has 0 amide bonds. The van der Waals surface area contributed by atoms with E-state index >= 15 is 0 Å². The van der Waals surface area contributed by atoms with E-state index in [0.29, 0.717) is 24.3 Å². The van der Waals surface area contributed by atoms with Crippen molar-refractivity contribution in [1.29, 1.82) is 0 Å². The number of aryl methyl sites for hydroxylation is 1. The van der Waals surface area contributed by atoms with Crippen molar-refractivity contribution in [2.45, 2.75) is 42.3 Å². The summed E-state index contributed by atoms with van der Waals surface area (Å²) in [5, 5.41) is 0.0656. The highest BCUT2D eigenvalue weighted by atomic mass is 32.2. The molecule has 1 aromatic heterocycles. The Morgan fingerprint density at radius 3 is 2.56 bits per heavy atom. The Balaban J connectivity index is 1.20. The average Bonchev–Trinajstić information content (AvgIpc) is 3.53. The molecule has 1 saturated heterocycles. The minimum atomic E-state index is -3.58. The van der Waals surface area contributed by atoms with Gasteiger partial charge in [0.25, 0.3) is 10.0 Å². The highest BCUT2D eigenvalue weighted by Gasteiger charge is 2.84. The number of nitrogens with one attached hydrogen (secondary N) is 1. The number of rotatable bonds is 7. The van der Waals surface area contributed by atoms with Crippen LogP contribution in [0.4, 0.5) is 0 Å². The Hall–Kier alpha value is -2.48. The summed E-state index contributed by atoms with van der Waals surface area (Å²) in [5.41, 5.74) is 5.94. The summed E-state index contributed by atoms with van der Waals surface area (Å²) in [4.78, 5) is 6.46. The summed E-state index contributed by atoms with van der Waals surface area (Å²) in [6.07, 6.45) is 5.93. The fourth-order valence-electron chi connectivity index (χ4n) is 6.16. The van der Waals surface area contributed by atoms with E-state index in [1.165, 1.54) is 41.2 Å². The second-order valence-electron chi connectivity index (χ2n) is 9.64. The van der Waals surface area contributed by atoms with Gasteiger partial charge in [0.15, 0.2) is 5.03 Å². The van der Waals surface area contributed by atoms with Crippen molar-refractivity contribution in [3.63, 3.8) is 0 Å². The van der Waals surface area contributed by atoms with Crippen molar-refractivity contribution >= 4 is 10.0 Å². The predicted molar refractivity (Wildman–Crippen MR) is 123 cm³/mol. The maximum atomic E-state index is 12.5. The smallest absolute Gasteiger partial charge is 0.259 e. The fraction of sp³-hybridized carbons (Fsp3) is 0.400. The van der Waals surface area contributed by atoms with Gasteiger partial charge in [0.2, 0.25) is 0 Å². The van der Waals surface area contributed by atoms with Gasteiger partial charge in [-0.25, -0.2) is 18.1 Å². The third kappa shape index (κ3) is 3.06. The van der Waals surface area contributed by atoms with Gasteiger partial charge in [-0.3, -0.25) is 4.90 Å². The second-order valence-corrected chi connectivity index (χ2v) is 11.4. The molecule has 6 rings (SSSR count). The van der Waals surface area contributed by atoms with E-state index < -0.39 is 10.0 Å². The van der Waals surface area contributed by atoms with Crippen LogP contribution in [0.1, 0.15) is 28.2 Å². The summed E-state index contributed by atoms with van der Waals surface area (Å²) in [7, 11) is 0.423. The molecule has 2 aliphatic carbocycles. The van der Waals surface area contributed by atoms with E-state index in [2.05, 4.69) is 70.2 Å². The van der Waals surface area contributed by atoms with Crippen molar-refractivity contribution in [3.05, 3.63) is 83.3 Å². The maximum Gasteiger partial charge on any atom is 0.259 e. The van der Waals surface area contributed by atoms with Gasteiger partial charge in [-0.15, -0.1) is 0 Å². The van der Waals surface area contributed by atoms with Crippen LogP contribution in [-0.4, -0.2) is 48.5 Å². The number of hydrogen-bond acceptors (Lipinski definition) is 4. The zero-order valence-electron chi connectivity index (χ0n) is 18.4. The average molecular weight is 449 g/mol. The SMILES string of the molecule is CN1C2C1C21Cc2ccc(CCNS(=O)(=O)c3cn(C)cn3)cc2C1Cc1ccccc1. The number of fused-ring (bicyclic) bond motifs is 4. The van der Waals surface area contributed by atoms with E-state index in [1.807, 2.05) is 0 Å².